The maximum atomic E-state index is 13.0. The van der Waals surface area contributed by atoms with Gasteiger partial charge in [-0.05, 0) is 49.4 Å². The van der Waals surface area contributed by atoms with E-state index in [4.69, 9.17) is 27.6 Å². The Labute approximate surface area is 205 Å². The fourth-order valence-corrected chi connectivity index (χ4v) is 3.72. The second kappa shape index (κ2) is 9.48. The predicted molar refractivity (Wildman–Crippen MR) is 132 cm³/mol. The summed E-state index contributed by atoms with van der Waals surface area (Å²) in [6, 6.07) is 19.3. The molecule has 2 aromatic heterocycles. The van der Waals surface area contributed by atoms with Gasteiger partial charge in [0.1, 0.15) is 28.9 Å². The number of para-hydroxylation sites is 1. The lowest BCUT2D eigenvalue weighted by molar-refractivity contribution is -0.112. The van der Waals surface area contributed by atoms with E-state index in [2.05, 4.69) is 5.32 Å². The first kappa shape index (κ1) is 23.2. The van der Waals surface area contributed by atoms with Crippen molar-refractivity contribution in [3.63, 3.8) is 0 Å². The lowest BCUT2D eigenvalue weighted by Crippen LogP contribution is -2.23. The second-order valence-electron chi connectivity index (χ2n) is 7.39. The van der Waals surface area contributed by atoms with Crippen LogP contribution in [0.2, 0.25) is 10.0 Å². The molecule has 4 rings (SSSR count). The number of hydrogen-bond donors (Lipinski definition) is 1. The van der Waals surface area contributed by atoms with E-state index in [1.807, 2.05) is 24.3 Å². The highest BCUT2D eigenvalue weighted by molar-refractivity contribution is 6.42. The molecule has 0 aliphatic carbocycles. The number of nitrogens with zero attached hydrogens (tertiary/aromatic N) is 3. The predicted octanol–water partition coefficient (Wildman–Crippen LogP) is 5.60. The van der Waals surface area contributed by atoms with Crippen LogP contribution in [0.3, 0.4) is 0 Å². The monoisotopic (exact) mass is 492 g/mol. The SMILES string of the molecule is Cc1c(NC(=O)/C(C#N)=C/c2ccc(-c3ccc(Cl)c(Cl)c3)o2)c(=O)n(-c2ccccc2)n1C. The summed E-state index contributed by atoms with van der Waals surface area (Å²) in [7, 11) is 1.72. The molecular formula is C25H18Cl2N4O3. The van der Waals surface area contributed by atoms with Gasteiger partial charge in [0.2, 0.25) is 0 Å². The highest BCUT2D eigenvalue weighted by atomic mass is 35.5. The molecule has 0 aliphatic rings. The van der Waals surface area contributed by atoms with Gasteiger partial charge in [-0.1, -0.05) is 41.4 Å². The Hall–Kier alpha value is -3.99. The lowest BCUT2D eigenvalue weighted by Gasteiger charge is -2.07. The minimum absolute atomic E-state index is 0.0912. The zero-order valence-corrected chi connectivity index (χ0v) is 19.7. The van der Waals surface area contributed by atoms with Crippen LogP contribution >= 0.6 is 23.2 Å². The molecule has 2 aromatic carbocycles. The molecule has 170 valence electrons. The van der Waals surface area contributed by atoms with E-state index < -0.39 is 11.5 Å². The Kier molecular flexibility index (Phi) is 6.46. The van der Waals surface area contributed by atoms with E-state index in [1.54, 1.807) is 61.1 Å². The van der Waals surface area contributed by atoms with E-state index in [9.17, 15) is 14.9 Å². The van der Waals surface area contributed by atoms with E-state index in [1.165, 1.54) is 10.8 Å². The van der Waals surface area contributed by atoms with Crippen LogP contribution in [0.25, 0.3) is 23.1 Å². The first-order valence-electron chi connectivity index (χ1n) is 10.1. The minimum Gasteiger partial charge on any atom is -0.457 e. The summed E-state index contributed by atoms with van der Waals surface area (Å²) < 4.78 is 8.83. The minimum atomic E-state index is -0.721. The van der Waals surface area contributed by atoms with Crippen LogP contribution < -0.4 is 10.9 Å². The molecular weight excluding hydrogens is 475 g/mol. The molecule has 9 heteroatoms. The van der Waals surface area contributed by atoms with Crippen LogP contribution in [0.1, 0.15) is 11.5 Å². The highest BCUT2D eigenvalue weighted by Crippen LogP contribution is 2.30. The number of hydrogen-bond acceptors (Lipinski definition) is 4. The molecule has 1 N–H and O–H groups in total. The van der Waals surface area contributed by atoms with Crippen molar-refractivity contribution in [1.29, 1.82) is 5.26 Å². The number of carbonyl (C=O) groups is 1. The zero-order valence-electron chi connectivity index (χ0n) is 18.2. The van der Waals surface area contributed by atoms with E-state index in [0.717, 1.165) is 0 Å². The van der Waals surface area contributed by atoms with E-state index in [-0.39, 0.29) is 11.3 Å². The Bertz CT molecular complexity index is 1520. The Morgan fingerprint density at radius 1 is 1.09 bits per heavy atom. The number of nitriles is 1. The van der Waals surface area contributed by atoms with Crippen molar-refractivity contribution in [3.05, 3.63) is 98.1 Å². The zero-order chi connectivity index (χ0) is 24.4. The van der Waals surface area contributed by atoms with Crippen molar-refractivity contribution in [2.45, 2.75) is 6.92 Å². The number of nitrogens with one attached hydrogen (secondary N) is 1. The number of amides is 1. The summed E-state index contributed by atoms with van der Waals surface area (Å²) in [6.45, 7) is 1.71. The summed E-state index contributed by atoms with van der Waals surface area (Å²) in [5.41, 5.74) is 1.35. The third-order valence-corrected chi connectivity index (χ3v) is 6.01. The first-order chi connectivity index (χ1) is 16.3. The van der Waals surface area contributed by atoms with Crippen molar-refractivity contribution in [2.75, 3.05) is 5.32 Å². The molecule has 0 unspecified atom stereocenters. The molecule has 0 saturated heterocycles. The number of halogens is 2. The van der Waals surface area contributed by atoms with Crippen molar-refractivity contribution >= 4 is 40.9 Å². The number of aromatic nitrogens is 2. The third-order valence-electron chi connectivity index (χ3n) is 5.28. The molecule has 0 radical (unpaired) electrons. The van der Waals surface area contributed by atoms with Crippen LogP contribution in [-0.4, -0.2) is 15.3 Å². The number of rotatable bonds is 5. The first-order valence-corrected chi connectivity index (χ1v) is 10.9. The lowest BCUT2D eigenvalue weighted by atomic mass is 10.2. The van der Waals surface area contributed by atoms with Crippen LogP contribution in [-0.2, 0) is 11.8 Å². The third kappa shape index (κ3) is 4.42. The van der Waals surface area contributed by atoms with Gasteiger partial charge < -0.3 is 9.73 Å². The van der Waals surface area contributed by atoms with Gasteiger partial charge >= 0.3 is 0 Å². The molecule has 34 heavy (non-hydrogen) atoms. The van der Waals surface area contributed by atoms with Crippen LogP contribution in [0.15, 0.2) is 75.4 Å². The quantitative estimate of drug-likeness (QED) is 0.290. The molecule has 0 fully saturated rings. The van der Waals surface area contributed by atoms with Gasteiger partial charge in [0, 0.05) is 18.7 Å². The number of carbonyl (C=O) groups excluding carboxylic acids is 1. The summed E-state index contributed by atoms with van der Waals surface area (Å²) in [5, 5.41) is 12.9. The van der Waals surface area contributed by atoms with Crippen molar-refractivity contribution < 1.29 is 9.21 Å². The summed E-state index contributed by atoms with van der Waals surface area (Å²) in [5.74, 6) is 0.0624. The van der Waals surface area contributed by atoms with E-state index >= 15 is 0 Å². The second-order valence-corrected chi connectivity index (χ2v) is 8.21. The number of anilines is 1. The summed E-state index contributed by atoms with van der Waals surface area (Å²) >= 11 is 12.0. The Morgan fingerprint density at radius 3 is 2.50 bits per heavy atom. The molecule has 4 aromatic rings. The average molecular weight is 493 g/mol. The number of furan rings is 1. The molecule has 0 atom stereocenters. The fourth-order valence-electron chi connectivity index (χ4n) is 3.42. The maximum absolute atomic E-state index is 13.0. The molecule has 0 spiro atoms. The largest absolute Gasteiger partial charge is 0.457 e. The van der Waals surface area contributed by atoms with Crippen molar-refractivity contribution in [3.8, 4) is 23.1 Å². The summed E-state index contributed by atoms with van der Waals surface area (Å²) in [6.07, 6.45) is 1.31. The van der Waals surface area contributed by atoms with Gasteiger partial charge in [0.25, 0.3) is 11.5 Å². The van der Waals surface area contributed by atoms with Gasteiger partial charge in [-0.2, -0.15) is 5.26 Å². The molecule has 2 heterocycles. The Balaban J connectivity index is 1.61. The van der Waals surface area contributed by atoms with Crippen LogP contribution in [0, 0.1) is 18.3 Å². The van der Waals surface area contributed by atoms with Crippen molar-refractivity contribution in [1.82, 2.24) is 9.36 Å². The molecule has 1 amide bonds. The normalized spacial score (nSPS) is 11.3. The van der Waals surface area contributed by atoms with Gasteiger partial charge in [-0.25, -0.2) is 4.68 Å². The smallest absolute Gasteiger partial charge is 0.295 e. The van der Waals surface area contributed by atoms with Crippen LogP contribution in [0.4, 0.5) is 5.69 Å². The summed E-state index contributed by atoms with van der Waals surface area (Å²) in [4.78, 5) is 25.8. The van der Waals surface area contributed by atoms with Gasteiger partial charge in [-0.15, -0.1) is 0 Å². The molecule has 7 nitrogen and oxygen atoms in total. The van der Waals surface area contributed by atoms with Crippen molar-refractivity contribution in [2.24, 2.45) is 7.05 Å². The van der Waals surface area contributed by atoms with Gasteiger partial charge in [-0.3, -0.25) is 14.3 Å². The Morgan fingerprint density at radius 2 is 1.82 bits per heavy atom. The average Bonchev–Trinajstić information content (AvgIpc) is 3.38. The molecule has 0 bridgehead atoms. The highest BCUT2D eigenvalue weighted by Gasteiger charge is 2.20. The number of benzene rings is 2. The van der Waals surface area contributed by atoms with Gasteiger partial charge in [0.05, 0.1) is 21.4 Å². The fraction of sp³-hybridized carbons (Fsp3) is 0.0800. The van der Waals surface area contributed by atoms with E-state index in [0.29, 0.717) is 38.5 Å². The topological polar surface area (TPSA) is 93.0 Å². The molecule has 0 aliphatic heterocycles. The maximum Gasteiger partial charge on any atom is 0.295 e. The standard InChI is InChI=1S/C25H18Cl2N4O3/c1-15-23(25(33)31(30(15)2)18-6-4-3-5-7-18)29-24(32)17(14-28)12-19-9-11-22(34-19)16-8-10-20(26)21(27)13-16/h3-13H,1-2H3,(H,29,32)/b17-12+. The van der Waals surface area contributed by atoms with Crippen LogP contribution in [0.5, 0.6) is 0 Å². The van der Waals surface area contributed by atoms with Gasteiger partial charge in [0.15, 0.2) is 0 Å². The molecule has 0 saturated carbocycles.